The van der Waals surface area contributed by atoms with Gasteiger partial charge in [-0.1, -0.05) is 263 Å². The van der Waals surface area contributed by atoms with E-state index in [1.165, 1.54) is 96.3 Å². The van der Waals surface area contributed by atoms with Gasteiger partial charge in [0.25, 0.3) is 0 Å². The van der Waals surface area contributed by atoms with E-state index in [0.29, 0.717) is 19.3 Å². The Hall–Kier alpha value is -4.71. The number of ether oxygens (including phenoxy) is 3. The van der Waals surface area contributed by atoms with Gasteiger partial charge in [0.15, 0.2) is 6.10 Å². The summed E-state index contributed by atoms with van der Waals surface area (Å²) in [6.45, 7) is 6.35. The molecule has 78 heavy (non-hydrogen) atoms. The van der Waals surface area contributed by atoms with Gasteiger partial charge in [-0.05, 0) is 135 Å². The van der Waals surface area contributed by atoms with Gasteiger partial charge in [0.2, 0.25) is 0 Å². The van der Waals surface area contributed by atoms with Gasteiger partial charge in [-0.25, -0.2) is 0 Å². The minimum Gasteiger partial charge on any atom is -0.462 e. The number of hydrogen-bond donors (Lipinski definition) is 0. The van der Waals surface area contributed by atoms with Crippen LogP contribution in [0.2, 0.25) is 0 Å². The first kappa shape index (κ1) is 73.3. The van der Waals surface area contributed by atoms with Gasteiger partial charge < -0.3 is 14.2 Å². The molecule has 0 heterocycles. The lowest BCUT2D eigenvalue weighted by Crippen LogP contribution is -2.30. The van der Waals surface area contributed by atoms with E-state index in [9.17, 15) is 14.4 Å². The molecule has 0 amide bonds. The Balaban J connectivity index is 4.49. The summed E-state index contributed by atoms with van der Waals surface area (Å²) in [5.41, 5.74) is 0. The van der Waals surface area contributed by atoms with Gasteiger partial charge in [0.1, 0.15) is 13.2 Å². The van der Waals surface area contributed by atoms with E-state index in [-0.39, 0.29) is 37.5 Å². The van der Waals surface area contributed by atoms with Crippen molar-refractivity contribution in [2.75, 3.05) is 13.2 Å². The van der Waals surface area contributed by atoms with Crippen molar-refractivity contribution in [1.82, 2.24) is 0 Å². The Bertz CT molecular complexity index is 1710. The first-order valence-electron chi connectivity index (χ1n) is 31.8. The van der Waals surface area contributed by atoms with Crippen LogP contribution in [0, 0.1) is 0 Å². The Morgan fingerprint density at radius 3 is 0.846 bits per heavy atom. The minimum atomic E-state index is -0.817. The molecular weight excluding hydrogens is 961 g/mol. The standard InChI is InChI=1S/C72H116O6/c1-4-7-10-13-16-19-22-25-28-31-33-34-35-36-37-38-39-42-44-47-50-53-56-59-62-65-71(74)77-68-69(67-76-70(73)64-61-58-55-52-49-46-43-40-30-27-24-21-18-15-12-9-6-3)78-72(75)66-63-60-57-54-51-48-45-41-32-29-26-23-20-17-14-11-8-5-2/h7,9-10,12,16,18-19,21,25,27-30,32-34,36-37,39,42-43,46,52,55,69H,4-6,8,11,13-15,17,20,22-24,26,31,35,38,40-41,44-45,47-51,53-54,56-68H2,1-3H3/b10-7-,12-9-,19-16-,21-18-,28-25-,30-27-,32-29-,34-33-,37-36-,42-39-,46-43-,55-52-. The fourth-order valence-electron chi connectivity index (χ4n) is 8.36. The van der Waals surface area contributed by atoms with Crippen molar-refractivity contribution in [2.45, 2.75) is 277 Å². The Kier molecular flexibility index (Phi) is 60.9. The van der Waals surface area contributed by atoms with Gasteiger partial charge in [-0.15, -0.1) is 0 Å². The van der Waals surface area contributed by atoms with E-state index in [2.05, 4.69) is 167 Å². The normalized spacial score (nSPS) is 13.1. The van der Waals surface area contributed by atoms with Crippen LogP contribution in [0.15, 0.2) is 146 Å². The predicted molar refractivity (Wildman–Crippen MR) is 339 cm³/mol. The molecule has 1 atom stereocenters. The number of allylic oxidation sites excluding steroid dienone is 24. The third-order valence-electron chi connectivity index (χ3n) is 13.1. The quantitative estimate of drug-likeness (QED) is 0.0261. The van der Waals surface area contributed by atoms with E-state index in [1.54, 1.807) is 0 Å². The summed E-state index contributed by atoms with van der Waals surface area (Å²) in [7, 11) is 0. The fourth-order valence-corrected chi connectivity index (χ4v) is 8.36. The van der Waals surface area contributed by atoms with Crippen LogP contribution in [0.5, 0.6) is 0 Å². The lowest BCUT2D eigenvalue weighted by Gasteiger charge is -2.18. The summed E-state index contributed by atoms with van der Waals surface area (Å²) in [5.74, 6) is -0.988. The van der Waals surface area contributed by atoms with Crippen LogP contribution in [-0.2, 0) is 28.6 Å². The minimum absolute atomic E-state index is 0.110. The van der Waals surface area contributed by atoms with Crippen LogP contribution in [0.1, 0.15) is 271 Å². The molecular formula is C72H116O6. The second-order valence-corrected chi connectivity index (χ2v) is 20.5. The molecule has 0 aromatic heterocycles. The fraction of sp³-hybridized carbons (Fsp3) is 0.625. The Morgan fingerprint density at radius 1 is 0.269 bits per heavy atom. The molecule has 0 saturated carbocycles. The van der Waals surface area contributed by atoms with Gasteiger partial charge in [-0.2, -0.15) is 0 Å². The number of hydrogen-bond acceptors (Lipinski definition) is 6. The van der Waals surface area contributed by atoms with Crippen LogP contribution in [0.4, 0.5) is 0 Å². The number of unbranched alkanes of at least 4 members (excludes halogenated alkanes) is 21. The number of rotatable bonds is 56. The van der Waals surface area contributed by atoms with Crippen LogP contribution >= 0.6 is 0 Å². The lowest BCUT2D eigenvalue weighted by atomic mass is 10.1. The molecule has 0 bridgehead atoms. The average Bonchev–Trinajstić information content (AvgIpc) is 3.44. The molecule has 0 aliphatic carbocycles. The SMILES string of the molecule is CC/C=C\C/C=C\C/C=C\C/C=C\C/C=C\C/C=C\CCCCCCCCC(=O)OCC(COC(=O)CCC/C=C\C/C=C\C/C=C\C/C=C\C/C=C\CC)OC(=O)CCCCCCCCC/C=C\CCCCCCCCC. The monoisotopic (exact) mass is 1080 g/mol. The molecule has 0 N–H and O–H groups in total. The Morgan fingerprint density at radius 2 is 0.513 bits per heavy atom. The second-order valence-electron chi connectivity index (χ2n) is 20.5. The van der Waals surface area contributed by atoms with Crippen molar-refractivity contribution in [1.29, 1.82) is 0 Å². The molecule has 0 fully saturated rings. The van der Waals surface area contributed by atoms with Crippen LogP contribution in [0.3, 0.4) is 0 Å². The third kappa shape index (κ3) is 62.1. The first-order valence-corrected chi connectivity index (χ1v) is 31.8. The molecule has 0 aromatic carbocycles. The van der Waals surface area contributed by atoms with Gasteiger partial charge in [0.05, 0.1) is 0 Å². The van der Waals surface area contributed by atoms with Gasteiger partial charge >= 0.3 is 17.9 Å². The van der Waals surface area contributed by atoms with E-state index < -0.39 is 6.10 Å². The maximum absolute atomic E-state index is 12.9. The molecule has 6 heteroatoms. The van der Waals surface area contributed by atoms with E-state index in [1.807, 2.05) is 0 Å². The zero-order chi connectivity index (χ0) is 56.4. The van der Waals surface area contributed by atoms with E-state index in [4.69, 9.17) is 14.2 Å². The largest absolute Gasteiger partial charge is 0.462 e. The second kappa shape index (κ2) is 64.8. The zero-order valence-electron chi connectivity index (χ0n) is 50.4. The molecule has 0 rings (SSSR count). The van der Waals surface area contributed by atoms with Gasteiger partial charge in [-0.3, -0.25) is 14.4 Å². The average molecular weight is 1080 g/mol. The highest BCUT2D eigenvalue weighted by atomic mass is 16.6. The molecule has 6 nitrogen and oxygen atoms in total. The molecule has 0 aliphatic rings. The van der Waals surface area contributed by atoms with Crippen LogP contribution in [0.25, 0.3) is 0 Å². The molecule has 0 radical (unpaired) electrons. The third-order valence-corrected chi connectivity index (χ3v) is 13.1. The molecule has 0 aromatic rings. The van der Waals surface area contributed by atoms with Crippen molar-refractivity contribution in [3.05, 3.63) is 146 Å². The number of carbonyl (C=O) groups is 3. The van der Waals surface area contributed by atoms with Crippen molar-refractivity contribution in [3.63, 3.8) is 0 Å². The van der Waals surface area contributed by atoms with Crippen molar-refractivity contribution >= 4 is 17.9 Å². The zero-order valence-corrected chi connectivity index (χ0v) is 50.4. The van der Waals surface area contributed by atoms with Crippen LogP contribution < -0.4 is 0 Å². The number of carbonyl (C=O) groups excluding carboxylic acids is 3. The summed E-state index contributed by atoms with van der Waals surface area (Å²) < 4.78 is 16.9. The van der Waals surface area contributed by atoms with Crippen molar-refractivity contribution in [3.8, 4) is 0 Å². The predicted octanol–water partition coefficient (Wildman–Crippen LogP) is 21.9. The smallest absolute Gasteiger partial charge is 0.306 e. The first-order chi connectivity index (χ1) is 38.5. The highest BCUT2D eigenvalue weighted by Crippen LogP contribution is 2.14. The summed E-state index contributed by atoms with van der Waals surface area (Å²) in [4.78, 5) is 38.3. The molecule has 1 unspecified atom stereocenters. The molecule has 440 valence electrons. The molecule has 0 saturated heterocycles. The topological polar surface area (TPSA) is 78.9 Å². The van der Waals surface area contributed by atoms with Crippen molar-refractivity contribution in [2.24, 2.45) is 0 Å². The highest BCUT2D eigenvalue weighted by Gasteiger charge is 2.19. The summed E-state index contributed by atoms with van der Waals surface area (Å²) in [6, 6.07) is 0. The summed E-state index contributed by atoms with van der Waals surface area (Å²) >= 11 is 0. The maximum atomic E-state index is 12.9. The van der Waals surface area contributed by atoms with E-state index >= 15 is 0 Å². The molecule has 0 aliphatic heterocycles. The Labute approximate surface area is 480 Å². The molecule has 0 spiro atoms. The van der Waals surface area contributed by atoms with Crippen LogP contribution in [-0.4, -0.2) is 37.2 Å². The van der Waals surface area contributed by atoms with Crippen molar-refractivity contribution < 1.29 is 28.6 Å². The highest BCUT2D eigenvalue weighted by molar-refractivity contribution is 5.71. The number of esters is 3. The lowest BCUT2D eigenvalue weighted by molar-refractivity contribution is -0.167. The maximum Gasteiger partial charge on any atom is 0.306 e. The van der Waals surface area contributed by atoms with Gasteiger partial charge in [0, 0.05) is 19.3 Å². The summed E-state index contributed by atoms with van der Waals surface area (Å²) in [5, 5.41) is 0. The summed E-state index contributed by atoms with van der Waals surface area (Å²) in [6.07, 6.45) is 92.8. The van der Waals surface area contributed by atoms with E-state index in [0.717, 1.165) is 128 Å².